The van der Waals surface area contributed by atoms with Crippen LogP contribution in [-0.4, -0.2) is 26.2 Å². The molecule has 0 amide bonds. The van der Waals surface area contributed by atoms with E-state index in [1.54, 1.807) is 0 Å². The summed E-state index contributed by atoms with van der Waals surface area (Å²) in [5.41, 5.74) is 3.80. The zero-order valence-corrected chi connectivity index (χ0v) is 14.6. The second-order valence-electron chi connectivity index (χ2n) is 6.44. The Hall–Kier alpha value is -1.58. The third kappa shape index (κ3) is 3.85. The van der Waals surface area contributed by atoms with Crippen LogP contribution in [0.4, 0.5) is 0 Å². The second kappa shape index (κ2) is 8.32. The average molecular weight is 320 g/mol. The SMILES string of the molecule is CCCCCCC1C2=C(CCC2)CC(C(=O)OC)=C1C(=O)OC. The third-order valence-corrected chi connectivity index (χ3v) is 5.05. The van der Waals surface area contributed by atoms with E-state index in [2.05, 4.69) is 6.92 Å². The molecule has 0 radical (unpaired) electrons. The minimum absolute atomic E-state index is 0.0413. The number of carbonyl (C=O) groups excluding carboxylic acids is 2. The normalized spacial score (nSPS) is 20.6. The van der Waals surface area contributed by atoms with Crippen molar-refractivity contribution in [3.63, 3.8) is 0 Å². The van der Waals surface area contributed by atoms with Gasteiger partial charge in [-0.2, -0.15) is 0 Å². The summed E-state index contributed by atoms with van der Waals surface area (Å²) in [6.07, 6.45) is 9.31. The predicted octanol–water partition coefficient (Wildman–Crippen LogP) is 4.10. The quantitative estimate of drug-likeness (QED) is 0.402. The summed E-state index contributed by atoms with van der Waals surface area (Å²) in [4.78, 5) is 24.6. The van der Waals surface area contributed by atoms with Gasteiger partial charge >= 0.3 is 11.9 Å². The van der Waals surface area contributed by atoms with Crippen LogP contribution in [0.1, 0.15) is 64.7 Å². The van der Waals surface area contributed by atoms with Gasteiger partial charge in [0.05, 0.1) is 25.4 Å². The molecule has 0 N–H and O–H groups in total. The van der Waals surface area contributed by atoms with Gasteiger partial charge in [0.25, 0.3) is 0 Å². The first-order valence-electron chi connectivity index (χ1n) is 8.74. The number of hydrogen-bond donors (Lipinski definition) is 0. The molecule has 2 aliphatic rings. The minimum atomic E-state index is -0.387. The van der Waals surface area contributed by atoms with Gasteiger partial charge in [-0.15, -0.1) is 0 Å². The van der Waals surface area contributed by atoms with Crippen molar-refractivity contribution in [2.45, 2.75) is 64.7 Å². The number of hydrogen-bond acceptors (Lipinski definition) is 4. The van der Waals surface area contributed by atoms with Gasteiger partial charge in [0.15, 0.2) is 0 Å². The van der Waals surface area contributed by atoms with Gasteiger partial charge in [0.1, 0.15) is 0 Å². The minimum Gasteiger partial charge on any atom is -0.466 e. The lowest BCUT2D eigenvalue weighted by atomic mass is 9.76. The topological polar surface area (TPSA) is 52.6 Å². The van der Waals surface area contributed by atoms with E-state index in [1.165, 1.54) is 38.2 Å². The molecule has 0 heterocycles. The molecule has 0 aliphatic heterocycles. The molecular weight excluding hydrogens is 292 g/mol. The summed E-state index contributed by atoms with van der Waals surface area (Å²) in [7, 11) is 2.76. The van der Waals surface area contributed by atoms with Crippen LogP contribution in [0.25, 0.3) is 0 Å². The lowest BCUT2D eigenvalue weighted by Crippen LogP contribution is -2.26. The largest absolute Gasteiger partial charge is 0.466 e. The maximum atomic E-state index is 12.4. The molecule has 1 unspecified atom stereocenters. The fourth-order valence-corrected chi connectivity index (χ4v) is 3.92. The zero-order valence-electron chi connectivity index (χ0n) is 14.6. The number of carbonyl (C=O) groups is 2. The Bertz CT molecular complexity index is 527. The number of unbranched alkanes of at least 4 members (excludes halogenated alkanes) is 3. The monoisotopic (exact) mass is 320 g/mol. The number of methoxy groups -OCH3 is 2. The highest BCUT2D eigenvalue weighted by Crippen LogP contribution is 2.46. The van der Waals surface area contributed by atoms with E-state index in [0.29, 0.717) is 17.6 Å². The standard InChI is InChI=1S/C19H28O4/c1-4-5-6-7-10-15-14-11-8-9-13(14)12-16(18(20)22-2)17(15)19(21)23-3/h15H,4-12H2,1-3H3. The number of ether oxygens (including phenoxy) is 2. The van der Waals surface area contributed by atoms with Crippen molar-refractivity contribution in [2.24, 2.45) is 5.92 Å². The molecule has 2 rings (SSSR count). The van der Waals surface area contributed by atoms with E-state index < -0.39 is 0 Å². The highest BCUT2D eigenvalue weighted by Gasteiger charge is 2.38. The van der Waals surface area contributed by atoms with Crippen molar-refractivity contribution in [1.82, 2.24) is 0 Å². The van der Waals surface area contributed by atoms with Crippen molar-refractivity contribution in [3.05, 3.63) is 22.3 Å². The lowest BCUT2D eigenvalue weighted by molar-refractivity contribution is -0.140. The van der Waals surface area contributed by atoms with Crippen LogP contribution in [0.15, 0.2) is 22.3 Å². The molecule has 0 aromatic carbocycles. The summed E-state index contributed by atoms with van der Waals surface area (Å²) in [6.45, 7) is 2.19. The van der Waals surface area contributed by atoms with Crippen molar-refractivity contribution in [3.8, 4) is 0 Å². The molecule has 0 bridgehead atoms. The summed E-state index contributed by atoms with van der Waals surface area (Å²) in [5.74, 6) is -0.716. The molecule has 1 atom stereocenters. The van der Waals surface area contributed by atoms with Gasteiger partial charge in [-0.1, -0.05) is 43.8 Å². The third-order valence-electron chi connectivity index (χ3n) is 5.05. The fourth-order valence-electron chi connectivity index (χ4n) is 3.92. The summed E-state index contributed by atoms with van der Waals surface area (Å²) < 4.78 is 9.92. The van der Waals surface area contributed by atoms with Gasteiger partial charge in [-0.3, -0.25) is 0 Å². The fraction of sp³-hybridized carbons (Fsp3) is 0.684. The first-order valence-corrected chi connectivity index (χ1v) is 8.74. The molecule has 0 aromatic heterocycles. The molecule has 23 heavy (non-hydrogen) atoms. The average Bonchev–Trinajstić information content (AvgIpc) is 3.04. The summed E-state index contributed by atoms with van der Waals surface area (Å²) in [5, 5.41) is 0. The van der Waals surface area contributed by atoms with Crippen LogP contribution in [0.5, 0.6) is 0 Å². The highest BCUT2D eigenvalue weighted by molar-refractivity contribution is 6.02. The van der Waals surface area contributed by atoms with Crippen molar-refractivity contribution >= 4 is 11.9 Å². The predicted molar refractivity (Wildman–Crippen MR) is 88.8 cm³/mol. The van der Waals surface area contributed by atoms with Gasteiger partial charge < -0.3 is 9.47 Å². The Balaban J connectivity index is 2.31. The van der Waals surface area contributed by atoms with Crippen LogP contribution in [-0.2, 0) is 19.1 Å². The lowest BCUT2D eigenvalue weighted by Gasteiger charge is -2.28. The summed E-state index contributed by atoms with van der Waals surface area (Å²) >= 11 is 0. The van der Waals surface area contributed by atoms with E-state index in [1.807, 2.05) is 0 Å². The molecule has 0 spiro atoms. The Kier molecular flexibility index (Phi) is 6.43. The van der Waals surface area contributed by atoms with Gasteiger partial charge in [0, 0.05) is 12.3 Å². The Morgan fingerprint density at radius 2 is 1.78 bits per heavy atom. The first-order chi connectivity index (χ1) is 11.1. The zero-order chi connectivity index (χ0) is 16.8. The second-order valence-corrected chi connectivity index (χ2v) is 6.44. The maximum Gasteiger partial charge on any atom is 0.334 e. The van der Waals surface area contributed by atoms with E-state index in [4.69, 9.17) is 9.47 Å². The molecule has 2 aliphatic carbocycles. The van der Waals surface area contributed by atoms with Crippen LogP contribution >= 0.6 is 0 Å². The summed E-state index contributed by atoms with van der Waals surface area (Å²) in [6, 6.07) is 0. The van der Waals surface area contributed by atoms with E-state index in [-0.39, 0.29) is 17.9 Å². The maximum absolute atomic E-state index is 12.4. The molecular formula is C19H28O4. The Morgan fingerprint density at radius 3 is 2.43 bits per heavy atom. The number of allylic oxidation sites excluding steroid dienone is 2. The Morgan fingerprint density at radius 1 is 1.04 bits per heavy atom. The number of esters is 2. The molecule has 0 saturated carbocycles. The van der Waals surface area contributed by atoms with Crippen molar-refractivity contribution in [1.29, 1.82) is 0 Å². The van der Waals surface area contributed by atoms with Crippen LogP contribution in [0, 0.1) is 5.92 Å². The molecule has 0 saturated heterocycles. The van der Waals surface area contributed by atoms with E-state index in [9.17, 15) is 9.59 Å². The van der Waals surface area contributed by atoms with Crippen LogP contribution in [0.3, 0.4) is 0 Å². The highest BCUT2D eigenvalue weighted by atomic mass is 16.5. The molecule has 4 heteroatoms. The van der Waals surface area contributed by atoms with E-state index in [0.717, 1.165) is 38.5 Å². The smallest absolute Gasteiger partial charge is 0.334 e. The van der Waals surface area contributed by atoms with Gasteiger partial charge in [-0.05, 0) is 25.7 Å². The molecule has 128 valence electrons. The van der Waals surface area contributed by atoms with Crippen molar-refractivity contribution in [2.75, 3.05) is 14.2 Å². The van der Waals surface area contributed by atoms with Gasteiger partial charge in [0.2, 0.25) is 0 Å². The molecule has 0 aromatic rings. The van der Waals surface area contributed by atoms with Gasteiger partial charge in [-0.25, -0.2) is 9.59 Å². The van der Waals surface area contributed by atoms with Crippen LogP contribution in [0.2, 0.25) is 0 Å². The van der Waals surface area contributed by atoms with Crippen molar-refractivity contribution < 1.29 is 19.1 Å². The van der Waals surface area contributed by atoms with Crippen LogP contribution < -0.4 is 0 Å². The molecule has 4 nitrogen and oxygen atoms in total. The Labute approximate surface area is 138 Å². The number of rotatable bonds is 7. The first kappa shape index (κ1) is 17.8. The van der Waals surface area contributed by atoms with E-state index >= 15 is 0 Å². The molecule has 0 fully saturated rings.